The van der Waals surface area contributed by atoms with Crippen molar-refractivity contribution in [2.75, 3.05) is 6.54 Å². The molecule has 0 fully saturated rings. The average Bonchev–Trinajstić information content (AvgIpc) is 2.34. The molecule has 18 heavy (non-hydrogen) atoms. The Labute approximate surface area is 121 Å². The Balaban J connectivity index is 2.48. The molecule has 0 amide bonds. The molecule has 0 aliphatic heterocycles. The molecule has 100 valence electrons. The number of hydrogen-bond donors (Lipinski definition) is 1. The van der Waals surface area contributed by atoms with Crippen LogP contribution in [-0.4, -0.2) is 6.54 Å². The van der Waals surface area contributed by atoms with E-state index >= 15 is 0 Å². The molecular formula is C14H18BrClFN. The Bertz CT molecular complexity index is 450. The van der Waals surface area contributed by atoms with Crippen LogP contribution in [0, 0.1) is 5.82 Å². The second-order valence-corrected chi connectivity index (χ2v) is 6.20. The molecule has 0 heterocycles. The van der Waals surface area contributed by atoms with Gasteiger partial charge >= 0.3 is 0 Å². The van der Waals surface area contributed by atoms with Gasteiger partial charge in [0.05, 0.1) is 5.02 Å². The van der Waals surface area contributed by atoms with Gasteiger partial charge in [-0.05, 0) is 64.8 Å². The van der Waals surface area contributed by atoms with Gasteiger partial charge in [0.15, 0.2) is 0 Å². The van der Waals surface area contributed by atoms with Crippen molar-refractivity contribution < 1.29 is 4.39 Å². The zero-order valence-corrected chi connectivity index (χ0v) is 13.0. The van der Waals surface area contributed by atoms with Gasteiger partial charge in [-0.3, -0.25) is 0 Å². The second kappa shape index (κ2) is 5.89. The molecule has 1 aromatic rings. The number of rotatable bonds is 3. The molecular weight excluding hydrogens is 317 g/mol. The quantitative estimate of drug-likeness (QED) is 0.751. The fourth-order valence-corrected chi connectivity index (χ4v) is 3.40. The minimum absolute atomic E-state index is 0.142. The van der Waals surface area contributed by atoms with Gasteiger partial charge in [0.1, 0.15) is 5.82 Å². The van der Waals surface area contributed by atoms with E-state index in [0.29, 0.717) is 9.50 Å². The maximum Gasteiger partial charge on any atom is 0.128 e. The third-order valence-corrected chi connectivity index (χ3v) is 4.88. The number of fused-ring (bicyclic) bond motifs is 1. The first kappa shape index (κ1) is 14.3. The Morgan fingerprint density at radius 3 is 2.83 bits per heavy atom. The Morgan fingerprint density at radius 1 is 1.44 bits per heavy atom. The summed E-state index contributed by atoms with van der Waals surface area (Å²) >= 11 is 9.71. The fourth-order valence-electron chi connectivity index (χ4n) is 2.70. The van der Waals surface area contributed by atoms with Crippen LogP contribution < -0.4 is 5.32 Å². The van der Waals surface area contributed by atoms with Crippen molar-refractivity contribution in [1.82, 2.24) is 5.32 Å². The molecule has 1 aromatic carbocycles. The van der Waals surface area contributed by atoms with E-state index < -0.39 is 0 Å². The maximum absolute atomic E-state index is 14.1. The van der Waals surface area contributed by atoms with Crippen LogP contribution in [-0.2, 0) is 0 Å². The second-order valence-electron chi connectivity index (χ2n) is 4.97. The predicted molar refractivity (Wildman–Crippen MR) is 77.8 cm³/mol. The van der Waals surface area contributed by atoms with Gasteiger partial charge in [-0.1, -0.05) is 25.4 Å². The summed E-state index contributed by atoms with van der Waals surface area (Å²) in [5, 5.41) is 4.13. The molecule has 1 aliphatic carbocycles. The molecule has 1 nitrogen and oxygen atoms in total. The first-order valence-electron chi connectivity index (χ1n) is 6.46. The van der Waals surface area contributed by atoms with Gasteiger partial charge in [-0.25, -0.2) is 4.39 Å². The lowest BCUT2D eigenvalue weighted by Gasteiger charge is -2.32. The lowest BCUT2D eigenvalue weighted by Crippen LogP contribution is -2.28. The zero-order chi connectivity index (χ0) is 13.3. The zero-order valence-electron chi connectivity index (χ0n) is 10.7. The summed E-state index contributed by atoms with van der Waals surface area (Å²) in [7, 11) is 0. The van der Waals surface area contributed by atoms with E-state index in [0.717, 1.165) is 36.9 Å². The molecule has 0 aromatic heterocycles. The molecule has 0 spiro atoms. The van der Waals surface area contributed by atoms with Crippen LogP contribution in [0.2, 0.25) is 5.02 Å². The first-order chi connectivity index (χ1) is 8.56. The molecule has 0 radical (unpaired) electrons. The standard InChI is InChI=1S/C14H18BrClFN/c1-3-6-18-11-5-4-8(2)12-10(17)7-9(15)14(16)13(11)12/h7-8,11,18H,3-6H2,1-2H3. The van der Waals surface area contributed by atoms with Crippen molar-refractivity contribution in [1.29, 1.82) is 0 Å². The highest BCUT2D eigenvalue weighted by Gasteiger charge is 2.30. The first-order valence-corrected chi connectivity index (χ1v) is 7.64. The highest BCUT2D eigenvalue weighted by molar-refractivity contribution is 9.10. The normalized spacial score (nSPS) is 22.9. The fraction of sp³-hybridized carbons (Fsp3) is 0.571. The summed E-state index contributed by atoms with van der Waals surface area (Å²) in [6.07, 6.45) is 3.09. The van der Waals surface area contributed by atoms with Crippen molar-refractivity contribution in [3.8, 4) is 0 Å². The van der Waals surface area contributed by atoms with E-state index in [2.05, 4.69) is 35.1 Å². The molecule has 0 saturated heterocycles. The molecule has 2 unspecified atom stereocenters. The summed E-state index contributed by atoms with van der Waals surface area (Å²) in [5.41, 5.74) is 1.75. The highest BCUT2D eigenvalue weighted by Crippen LogP contribution is 2.44. The maximum atomic E-state index is 14.1. The van der Waals surface area contributed by atoms with E-state index in [4.69, 9.17) is 11.6 Å². The van der Waals surface area contributed by atoms with Crippen molar-refractivity contribution in [2.24, 2.45) is 0 Å². The van der Waals surface area contributed by atoms with Gasteiger partial charge in [-0.15, -0.1) is 0 Å². The lowest BCUT2D eigenvalue weighted by molar-refractivity contribution is 0.419. The van der Waals surface area contributed by atoms with Gasteiger partial charge in [0.25, 0.3) is 0 Å². The molecule has 1 N–H and O–H groups in total. The van der Waals surface area contributed by atoms with Gasteiger partial charge in [-0.2, -0.15) is 0 Å². The Morgan fingerprint density at radius 2 is 2.17 bits per heavy atom. The summed E-state index contributed by atoms with van der Waals surface area (Å²) < 4.78 is 14.8. The van der Waals surface area contributed by atoms with Crippen LogP contribution in [0.1, 0.15) is 56.2 Å². The number of benzene rings is 1. The van der Waals surface area contributed by atoms with E-state index in [9.17, 15) is 4.39 Å². The molecule has 0 bridgehead atoms. The Hall–Kier alpha value is -0.120. The largest absolute Gasteiger partial charge is 0.310 e. The third-order valence-electron chi connectivity index (χ3n) is 3.62. The van der Waals surface area contributed by atoms with Crippen LogP contribution in [0.4, 0.5) is 4.39 Å². The average molecular weight is 335 g/mol. The smallest absolute Gasteiger partial charge is 0.128 e. The van der Waals surface area contributed by atoms with E-state index in [-0.39, 0.29) is 17.8 Å². The lowest BCUT2D eigenvalue weighted by atomic mass is 9.80. The summed E-state index contributed by atoms with van der Waals surface area (Å²) in [4.78, 5) is 0. The SMILES string of the molecule is CCCNC1CCC(C)c2c(F)cc(Br)c(Cl)c21. The molecule has 2 rings (SSSR count). The Kier molecular flexibility index (Phi) is 4.68. The van der Waals surface area contributed by atoms with Gasteiger partial charge in [0, 0.05) is 10.5 Å². The van der Waals surface area contributed by atoms with E-state index in [1.165, 1.54) is 6.07 Å². The van der Waals surface area contributed by atoms with Gasteiger partial charge in [0.2, 0.25) is 0 Å². The summed E-state index contributed by atoms with van der Waals surface area (Å²) in [6, 6.07) is 1.66. The topological polar surface area (TPSA) is 12.0 Å². The molecule has 1 aliphatic rings. The number of hydrogen-bond acceptors (Lipinski definition) is 1. The van der Waals surface area contributed by atoms with Crippen molar-refractivity contribution in [3.05, 3.63) is 32.5 Å². The summed E-state index contributed by atoms with van der Waals surface area (Å²) in [5.74, 6) is 0.0991. The highest BCUT2D eigenvalue weighted by atomic mass is 79.9. The minimum Gasteiger partial charge on any atom is -0.310 e. The number of halogens is 3. The van der Waals surface area contributed by atoms with Crippen molar-refractivity contribution >= 4 is 27.5 Å². The molecule has 4 heteroatoms. The monoisotopic (exact) mass is 333 g/mol. The van der Waals surface area contributed by atoms with Crippen molar-refractivity contribution in [3.63, 3.8) is 0 Å². The van der Waals surface area contributed by atoms with Crippen LogP contribution >= 0.6 is 27.5 Å². The van der Waals surface area contributed by atoms with Crippen molar-refractivity contribution in [2.45, 2.75) is 45.1 Å². The third kappa shape index (κ3) is 2.59. The van der Waals surface area contributed by atoms with Crippen LogP contribution in [0.3, 0.4) is 0 Å². The van der Waals surface area contributed by atoms with Crippen LogP contribution in [0.25, 0.3) is 0 Å². The molecule has 0 saturated carbocycles. The predicted octanol–water partition coefficient (Wildman–Crippen LogP) is 5.18. The van der Waals surface area contributed by atoms with E-state index in [1.807, 2.05) is 0 Å². The van der Waals surface area contributed by atoms with Crippen LogP contribution in [0.15, 0.2) is 10.5 Å². The van der Waals surface area contributed by atoms with Gasteiger partial charge < -0.3 is 5.32 Å². The van der Waals surface area contributed by atoms with E-state index in [1.54, 1.807) is 0 Å². The molecule has 2 atom stereocenters. The summed E-state index contributed by atoms with van der Waals surface area (Å²) in [6.45, 7) is 5.13. The number of nitrogens with one attached hydrogen (secondary N) is 1. The minimum atomic E-state index is -0.142. The van der Waals surface area contributed by atoms with Crippen LogP contribution in [0.5, 0.6) is 0 Å².